The van der Waals surface area contributed by atoms with E-state index in [1.165, 1.54) is 11.1 Å². The van der Waals surface area contributed by atoms with E-state index in [2.05, 4.69) is 31.8 Å². The highest BCUT2D eigenvalue weighted by Gasteiger charge is 2.29. The third-order valence-corrected chi connectivity index (χ3v) is 3.78. The second-order valence-corrected chi connectivity index (χ2v) is 6.82. The summed E-state index contributed by atoms with van der Waals surface area (Å²) < 4.78 is 12.2. The van der Waals surface area contributed by atoms with E-state index in [4.69, 9.17) is 9.47 Å². The number of ether oxygens (including phenoxy) is 2. The van der Waals surface area contributed by atoms with Gasteiger partial charge in [-0.15, -0.1) is 0 Å². The number of aryl methyl sites for hydroxylation is 1. The number of rotatable bonds is 3. The van der Waals surface area contributed by atoms with Crippen molar-refractivity contribution in [1.82, 2.24) is 4.98 Å². The van der Waals surface area contributed by atoms with E-state index in [-0.39, 0.29) is 11.7 Å². The molecule has 0 saturated heterocycles. The Balaban J connectivity index is 1.85. The average Bonchev–Trinajstić information content (AvgIpc) is 2.84. The normalized spacial score (nSPS) is 17.4. The number of fused-ring (bicyclic) bond motifs is 1. The molecule has 0 amide bonds. The predicted molar refractivity (Wildman–Crippen MR) is 87.4 cm³/mol. The van der Waals surface area contributed by atoms with Gasteiger partial charge in [0.05, 0.1) is 17.9 Å². The van der Waals surface area contributed by atoms with Gasteiger partial charge in [0.25, 0.3) is 0 Å². The maximum absolute atomic E-state index is 6.18. The van der Waals surface area contributed by atoms with Crippen LogP contribution in [0.3, 0.4) is 0 Å². The largest absolute Gasteiger partial charge is 0.455 e. The minimum absolute atomic E-state index is 0.135. The molecule has 0 spiro atoms. The molecule has 3 nitrogen and oxygen atoms in total. The van der Waals surface area contributed by atoms with Crippen LogP contribution < -0.4 is 4.74 Å². The van der Waals surface area contributed by atoms with Gasteiger partial charge in [0, 0.05) is 11.3 Å². The molecule has 1 atom stereocenters. The fourth-order valence-corrected chi connectivity index (χ4v) is 2.87. The Labute approximate surface area is 132 Å². The molecule has 2 aromatic rings. The molecule has 1 aliphatic carbocycles. The number of nitrogens with zero attached hydrogens (tertiary/aromatic N) is 1. The first-order chi connectivity index (χ1) is 10.4. The van der Waals surface area contributed by atoms with Gasteiger partial charge in [-0.05, 0) is 64.3 Å². The summed E-state index contributed by atoms with van der Waals surface area (Å²) in [4.78, 5) is 4.28. The van der Waals surface area contributed by atoms with Crippen molar-refractivity contribution < 1.29 is 9.47 Å². The van der Waals surface area contributed by atoms with Crippen LogP contribution in [0.15, 0.2) is 36.5 Å². The molecule has 116 valence electrons. The van der Waals surface area contributed by atoms with Crippen LogP contribution in [-0.2, 0) is 11.2 Å². The van der Waals surface area contributed by atoms with Crippen LogP contribution >= 0.6 is 0 Å². The number of hydrogen-bond acceptors (Lipinski definition) is 3. The molecule has 1 aromatic carbocycles. The molecule has 1 unspecified atom stereocenters. The van der Waals surface area contributed by atoms with Gasteiger partial charge in [-0.3, -0.25) is 4.98 Å². The SMILES string of the molecule is Cc1ccc(Oc2cccc3c2CCC3OC(C)(C)C)cn1. The van der Waals surface area contributed by atoms with Crippen molar-refractivity contribution >= 4 is 0 Å². The zero-order valence-electron chi connectivity index (χ0n) is 13.7. The highest BCUT2D eigenvalue weighted by Crippen LogP contribution is 2.41. The Morgan fingerprint density at radius 2 is 1.95 bits per heavy atom. The van der Waals surface area contributed by atoms with Crippen LogP contribution in [0.25, 0.3) is 0 Å². The van der Waals surface area contributed by atoms with E-state index >= 15 is 0 Å². The van der Waals surface area contributed by atoms with Crippen LogP contribution in [0.1, 0.15) is 50.1 Å². The minimum Gasteiger partial charge on any atom is -0.455 e. The van der Waals surface area contributed by atoms with Gasteiger partial charge >= 0.3 is 0 Å². The Bertz CT molecular complexity index is 656. The highest BCUT2D eigenvalue weighted by atomic mass is 16.5. The molecular formula is C19H23NO2. The zero-order valence-corrected chi connectivity index (χ0v) is 13.7. The molecule has 0 aliphatic heterocycles. The molecule has 0 N–H and O–H groups in total. The van der Waals surface area contributed by atoms with Crippen molar-refractivity contribution in [3.05, 3.63) is 53.3 Å². The van der Waals surface area contributed by atoms with Crippen LogP contribution in [0, 0.1) is 6.92 Å². The van der Waals surface area contributed by atoms with Crippen molar-refractivity contribution in [1.29, 1.82) is 0 Å². The third kappa shape index (κ3) is 3.30. The molecule has 3 rings (SSSR count). The van der Waals surface area contributed by atoms with E-state index in [1.807, 2.05) is 31.2 Å². The molecule has 1 aromatic heterocycles. The Morgan fingerprint density at radius 3 is 2.64 bits per heavy atom. The third-order valence-electron chi connectivity index (χ3n) is 3.78. The van der Waals surface area contributed by atoms with Gasteiger partial charge < -0.3 is 9.47 Å². The van der Waals surface area contributed by atoms with Gasteiger partial charge in [0.15, 0.2) is 0 Å². The number of hydrogen-bond donors (Lipinski definition) is 0. The van der Waals surface area contributed by atoms with Crippen molar-refractivity contribution in [3.8, 4) is 11.5 Å². The van der Waals surface area contributed by atoms with Crippen LogP contribution in [0.4, 0.5) is 0 Å². The molecule has 0 fully saturated rings. The van der Waals surface area contributed by atoms with E-state index < -0.39 is 0 Å². The topological polar surface area (TPSA) is 31.4 Å². The lowest BCUT2D eigenvalue weighted by Crippen LogP contribution is -2.21. The summed E-state index contributed by atoms with van der Waals surface area (Å²) in [6, 6.07) is 10.1. The van der Waals surface area contributed by atoms with E-state index in [0.29, 0.717) is 0 Å². The number of aromatic nitrogens is 1. The van der Waals surface area contributed by atoms with Gasteiger partial charge in [-0.25, -0.2) is 0 Å². The van der Waals surface area contributed by atoms with Crippen LogP contribution in [0.5, 0.6) is 11.5 Å². The Hall–Kier alpha value is -1.87. The first kappa shape index (κ1) is 15.0. The molecular weight excluding hydrogens is 274 g/mol. The summed E-state index contributed by atoms with van der Waals surface area (Å²) in [7, 11) is 0. The van der Waals surface area contributed by atoms with Crippen molar-refractivity contribution in [2.75, 3.05) is 0 Å². The smallest absolute Gasteiger partial charge is 0.145 e. The molecule has 0 bridgehead atoms. The predicted octanol–water partition coefficient (Wildman–Crippen LogP) is 4.98. The van der Waals surface area contributed by atoms with Gasteiger partial charge in [-0.1, -0.05) is 12.1 Å². The molecule has 0 saturated carbocycles. The zero-order chi connectivity index (χ0) is 15.7. The maximum atomic E-state index is 6.18. The fourth-order valence-electron chi connectivity index (χ4n) is 2.87. The summed E-state index contributed by atoms with van der Waals surface area (Å²) in [5, 5.41) is 0. The van der Waals surface area contributed by atoms with Gasteiger partial charge in [-0.2, -0.15) is 0 Å². The van der Waals surface area contributed by atoms with Gasteiger partial charge in [0.2, 0.25) is 0 Å². The fraction of sp³-hybridized carbons (Fsp3) is 0.421. The first-order valence-electron chi connectivity index (χ1n) is 7.82. The lowest BCUT2D eigenvalue weighted by molar-refractivity contribution is -0.0605. The summed E-state index contributed by atoms with van der Waals surface area (Å²) >= 11 is 0. The van der Waals surface area contributed by atoms with E-state index in [9.17, 15) is 0 Å². The standard InChI is InChI=1S/C19H23NO2/c1-13-8-9-14(12-20-13)21-17-7-5-6-15-16(17)10-11-18(15)22-19(2,3)4/h5-9,12,18H,10-11H2,1-4H3. The van der Waals surface area contributed by atoms with Crippen molar-refractivity contribution in [2.24, 2.45) is 0 Å². The van der Waals surface area contributed by atoms with E-state index in [0.717, 1.165) is 30.0 Å². The first-order valence-corrected chi connectivity index (χ1v) is 7.82. The summed E-state index contributed by atoms with van der Waals surface area (Å²) in [6.07, 6.45) is 3.94. The number of benzene rings is 1. The monoisotopic (exact) mass is 297 g/mol. The molecule has 1 heterocycles. The second kappa shape index (κ2) is 5.73. The minimum atomic E-state index is -0.135. The molecule has 1 aliphatic rings. The van der Waals surface area contributed by atoms with Crippen molar-refractivity contribution in [3.63, 3.8) is 0 Å². The van der Waals surface area contributed by atoms with Crippen molar-refractivity contribution in [2.45, 2.75) is 52.2 Å². The van der Waals surface area contributed by atoms with Crippen LogP contribution in [0.2, 0.25) is 0 Å². The quantitative estimate of drug-likeness (QED) is 0.800. The lowest BCUT2D eigenvalue weighted by Gasteiger charge is -2.25. The molecule has 3 heteroatoms. The Morgan fingerprint density at radius 1 is 1.14 bits per heavy atom. The molecule has 22 heavy (non-hydrogen) atoms. The van der Waals surface area contributed by atoms with Gasteiger partial charge in [0.1, 0.15) is 11.5 Å². The lowest BCUT2D eigenvalue weighted by atomic mass is 10.1. The van der Waals surface area contributed by atoms with Crippen LogP contribution in [-0.4, -0.2) is 10.6 Å². The summed E-state index contributed by atoms with van der Waals surface area (Å²) in [5.74, 6) is 1.70. The summed E-state index contributed by atoms with van der Waals surface area (Å²) in [5.41, 5.74) is 3.37. The average molecular weight is 297 g/mol. The highest BCUT2D eigenvalue weighted by molar-refractivity contribution is 5.46. The van der Waals surface area contributed by atoms with E-state index in [1.54, 1.807) is 6.20 Å². The Kier molecular flexibility index (Phi) is 3.92. The number of pyridine rings is 1. The maximum Gasteiger partial charge on any atom is 0.145 e. The molecule has 0 radical (unpaired) electrons. The summed E-state index contributed by atoms with van der Waals surface area (Å²) in [6.45, 7) is 8.27. The second-order valence-electron chi connectivity index (χ2n) is 6.82.